The van der Waals surface area contributed by atoms with Gasteiger partial charge in [0.2, 0.25) is 0 Å². The summed E-state index contributed by atoms with van der Waals surface area (Å²) in [5, 5.41) is 10.6. The van der Waals surface area contributed by atoms with E-state index in [1.54, 1.807) is 0 Å². The summed E-state index contributed by atoms with van der Waals surface area (Å²) in [5.74, 6) is 3.85. The predicted octanol–water partition coefficient (Wildman–Crippen LogP) is 3.63. The first kappa shape index (κ1) is 21.1. The molecule has 2 aromatic heterocycles. The Hall–Kier alpha value is -3.13. The number of para-hydroxylation sites is 1. The SMILES string of the molecule is Cc1cc(Nc2cc(N(C)CCN(C)C)nc(-c3cccc4c3OCCCC4)n2)n[nH]1. The van der Waals surface area contributed by atoms with E-state index in [1.807, 2.05) is 25.1 Å². The molecule has 0 unspecified atom stereocenters. The number of fused-ring (bicyclic) bond motifs is 1. The van der Waals surface area contributed by atoms with Crippen molar-refractivity contribution in [1.29, 1.82) is 0 Å². The van der Waals surface area contributed by atoms with Gasteiger partial charge in [0.1, 0.15) is 17.4 Å². The van der Waals surface area contributed by atoms with Crippen molar-refractivity contribution in [3.8, 4) is 17.1 Å². The molecule has 0 atom stereocenters. The van der Waals surface area contributed by atoms with Crippen molar-refractivity contribution in [2.75, 3.05) is 51.1 Å². The Morgan fingerprint density at radius 2 is 1.94 bits per heavy atom. The zero-order valence-corrected chi connectivity index (χ0v) is 18.8. The first-order chi connectivity index (χ1) is 15.0. The number of aromatic nitrogens is 4. The summed E-state index contributed by atoms with van der Waals surface area (Å²) in [6.07, 6.45) is 3.22. The molecule has 8 heteroatoms. The first-order valence-corrected chi connectivity index (χ1v) is 10.8. The van der Waals surface area contributed by atoms with Gasteiger partial charge in [0, 0.05) is 38.0 Å². The van der Waals surface area contributed by atoms with Crippen molar-refractivity contribution in [2.24, 2.45) is 0 Å². The number of ether oxygens (including phenoxy) is 1. The van der Waals surface area contributed by atoms with Gasteiger partial charge >= 0.3 is 0 Å². The molecule has 0 saturated carbocycles. The van der Waals surface area contributed by atoms with Crippen LogP contribution in [0.3, 0.4) is 0 Å². The number of anilines is 3. The van der Waals surface area contributed by atoms with Crippen LogP contribution in [0.15, 0.2) is 30.3 Å². The number of likely N-dealkylation sites (N-methyl/N-ethyl adjacent to an activating group) is 2. The molecule has 1 aromatic carbocycles. The lowest BCUT2D eigenvalue weighted by atomic mass is 10.0. The molecule has 8 nitrogen and oxygen atoms in total. The number of nitrogens with zero attached hydrogens (tertiary/aromatic N) is 5. The highest BCUT2D eigenvalue weighted by atomic mass is 16.5. The third-order valence-electron chi connectivity index (χ3n) is 5.37. The maximum atomic E-state index is 6.14. The molecule has 1 aliphatic heterocycles. The summed E-state index contributed by atoms with van der Waals surface area (Å²) in [6, 6.07) is 10.2. The van der Waals surface area contributed by atoms with Crippen LogP contribution >= 0.6 is 0 Å². The Balaban J connectivity index is 1.74. The molecule has 0 aliphatic carbocycles. The van der Waals surface area contributed by atoms with Gasteiger partial charge in [-0.15, -0.1) is 0 Å². The van der Waals surface area contributed by atoms with E-state index in [0.29, 0.717) is 11.6 Å². The Labute approximate surface area is 183 Å². The van der Waals surface area contributed by atoms with Gasteiger partial charge in [0.25, 0.3) is 0 Å². The van der Waals surface area contributed by atoms with E-state index in [0.717, 1.165) is 67.6 Å². The lowest BCUT2D eigenvalue weighted by Gasteiger charge is -2.22. The van der Waals surface area contributed by atoms with Crippen molar-refractivity contribution in [2.45, 2.75) is 26.2 Å². The molecule has 1 aliphatic rings. The van der Waals surface area contributed by atoms with Crippen LogP contribution in [0.5, 0.6) is 5.75 Å². The average Bonchev–Trinajstić information content (AvgIpc) is 3.01. The Kier molecular flexibility index (Phi) is 6.36. The van der Waals surface area contributed by atoms with Crippen LogP contribution in [0.25, 0.3) is 11.4 Å². The number of nitrogens with one attached hydrogen (secondary N) is 2. The van der Waals surface area contributed by atoms with Gasteiger partial charge in [-0.1, -0.05) is 12.1 Å². The van der Waals surface area contributed by atoms with Crippen LogP contribution in [0, 0.1) is 6.92 Å². The molecule has 164 valence electrons. The van der Waals surface area contributed by atoms with Crippen LogP contribution in [0.1, 0.15) is 24.1 Å². The predicted molar refractivity (Wildman–Crippen MR) is 124 cm³/mol. The van der Waals surface area contributed by atoms with E-state index in [-0.39, 0.29) is 0 Å². The quantitative estimate of drug-likeness (QED) is 0.603. The van der Waals surface area contributed by atoms with Crippen LogP contribution in [-0.2, 0) is 6.42 Å². The van der Waals surface area contributed by atoms with Crippen LogP contribution in [0.2, 0.25) is 0 Å². The summed E-state index contributed by atoms with van der Waals surface area (Å²) >= 11 is 0. The van der Waals surface area contributed by atoms with E-state index >= 15 is 0 Å². The second kappa shape index (κ2) is 9.34. The van der Waals surface area contributed by atoms with Crippen LogP contribution in [0.4, 0.5) is 17.5 Å². The summed E-state index contributed by atoms with van der Waals surface area (Å²) in [7, 11) is 6.20. The monoisotopic (exact) mass is 421 g/mol. The zero-order valence-electron chi connectivity index (χ0n) is 18.8. The minimum Gasteiger partial charge on any atom is -0.493 e. The molecule has 0 spiro atoms. The Morgan fingerprint density at radius 3 is 2.71 bits per heavy atom. The summed E-state index contributed by atoms with van der Waals surface area (Å²) in [6.45, 7) is 4.49. The van der Waals surface area contributed by atoms with Gasteiger partial charge in [-0.2, -0.15) is 5.10 Å². The van der Waals surface area contributed by atoms with Crippen LogP contribution in [-0.4, -0.2) is 65.9 Å². The largest absolute Gasteiger partial charge is 0.493 e. The summed E-state index contributed by atoms with van der Waals surface area (Å²) in [4.78, 5) is 14.1. The van der Waals surface area contributed by atoms with Crippen molar-refractivity contribution < 1.29 is 4.74 Å². The first-order valence-electron chi connectivity index (χ1n) is 10.8. The molecule has 4 rings (SSSR count). The van der Waals surface area contributed by atoms with E-state index in [2.05, 4.69) is 58.6 Å². The van der Waals surface area contributed by atoms with Crippen molar-refractivity contribution in [3.63, 3.8) is 0 Å². The third kappa shape index (κ3) is 5.14. The molecule has 3 heterocycles. The highest BCUT2D eigenvalue weighted by molar-refractivity contribution is 5.70. The Bertz CT molecular complexity index is 1030. The number of rotatable bonds is 7. The standard InChI is InChI=1S/C23H31N7O/c1-16-14-20(28-27-16)24-19-15-21(30(4)12-11-29(2)3)26-23(25-19)18-10-7-9-17-8-5-6-13-31-22(17)18/h7,9-10,14-15H,5-6,8,11-13H2,1-4H3,(H2,24,25,26,27,28). The highest BCUT2D eigenvalue weighted by Crippen LogP contribution is 2.35. The van der Waals surface area contributed by atoms with E-state index in [4.69, 9.17) is 14.7 Å². The summed E-state index contributed by atoms with van der Waals surface area (Å²) in [5.41, 5.74) is 3.15. The number of hydrogen-bond donors (Lipinski definition) is 2. The minimum absolute atomic E-state index is 0.655. The molecule has 0 fully saturated rings. The fourth-order valence-corrected chi connectivity index (χ4v) is 3.61. The second-order valence-corrected chi connectivity index (χ2v) is 8.32. The number of hydrogen-bond acceptors (Lipinski definition) is 7. The average molecular weight is 422 g/mol. The van der Waals surface area contributed by atoms with Crippen molar-refractivity contribution in [3.05, 3.63) is 41.6 Å². The molecule has 0 radical (unpaired) electrons. The second-order valence-electron chi connectivity index (χ2n) is 8.32. The normalized spacial score (nSPS) is 13.5. The molecular weight excluding hydrogens is 390 g/mol. The lowest BCUT2D eigenvalue weighted by molar-refractivity contribution is 0.318. The molecular formula is C23H31N7O. The molecule has 0 bridgehead atoms. The van der Waals surface area contributed by atoms with Crippen LogP contribution < -0.4 is 15.0 Å². The molecule has 31 heavy (non-hydrogen) atoms. The number of benzene rings is 1. The van der Waals surface area contributed by atoms with Crippen molar-refractivity contribution >= 4 is 17.5 Å². The van der Waals surface area contributed by atoms with Gasteiger partial charge in [-0.05, 0) is 51.9 Å². The van der Waals surface area contributed by atoms with Crippen molar-refractivity contribution in [1.82, 2.24) is 25.1 Å². The Morgan fingerprint density at radius 1 is 1.06 bits per heavy atom. The van der Waals surface area contributed by atoms with E-state index < -0.39 is 0 Å². The molecule has 0 saturated heterocycles. The maximum Gasteiger partial charge on any atom is 0.167 e. The van der Waals surface area contributed by atoms with Gasteiger partial charge in [0.15, 0.2) is 11.6 Å². The van der Waals surface area contributed by atoms with E-state index in [1.165, 1.54) is 5.56 Å². The van der Waals surface area contributed by atoms with Gasteiger partial charge in [-0.25, -0.2) is 9.97 Å². The molecule has 0 amide bonds. The fourth-order valence-electron chi connectivity index (χ4n) is 3.61. The highest BCUT2D eigenvalue weighted by Gasteiger charge is 2.19. The number of H-pyrrole nitrogens is 1. The fraction of sp³-hybridized carbons (Fsp3) is 0.435. The lowest BCUT2D eigenvalue weighted by Crippen LogP contribution is -2.29. The van der Waals surface area contributed by atoms with E-state index in [9.17, 15) is 0 Å². The van der Waals surface area contributed by atoms with Gasteiger partial charge in [0.05, 0.1) is 12.2 Å². The smallest absolute Gasteiger partial charge is 0.167 e. The summed E-state index contributed by atoms with van der Waals surface area (Å²) < 4.78 is 6.14. The maximum absolute atomic E-state index is 6.14. The minimum atomic E-state index is 0.655. The number of aryl methyl sites for hydroxylation is 2. The van der Waals surface area contributed by atoms with Gasteiger partial charge in [-0.3, -0.25) is 5.10 Å². The zero-order chi connectivity index (χ0) is 21.8. The molecule has 3 aromatic rings. The third-order valence-corrected chi connectivity index (χ3v) is 5.37. The topological polar surface area (TPSA) is 82.2 Å². The number of aromatic amines is 1. The molecule has 2 N–H and O–H groups in total. The van der Waals surface area contributed by atoms with Gasteiger partial charge < -0.3 is 19.9 Å².